The highest BCUT2D eigenvalue weighted by Crippen LogP contribution is 2.33. The lowest BCUT2D eigenvalue weighted by Gasteiger charge is -2.35. The Labute approximate surface area is 133 Å². The summed E-state index contributed by atoms with van der Waals surface area (Å²) in [5, 5.41) is 1.02. The van der Waals surface area contributed by atoms with E-state index in [4.69, 9.17) is 9.47 Å². The first-order valence-corrected chi connectivity index (χ1v) is 7.95. The van der Waals surface area contributed by atoms with E-state index < -0.39 is 0 Å². The maximum absolute atomic E-state index is 6.24. The van der Waals surface area contributed by atoms with Gasteiger partial charge in [-0.15, -0.1) is 0 Å². The van der Waals surface area contributed by atoms with Gasteiger partial charge in [-0.1, -0.05) is 15.9 Å². The maximum atomic E-state index is 6.24. The largest absolute Gasteiger partial charge is 0.488 e. The zero-order valence-electron chi connectivity index (χ0n) is 12.5. The normalized spacial score (nSPS) is 21.4. The molecule has 2 aromatic rings. The van der Waals surface area contributed by atoms with E-state index >= 15 is 0 Å². The van der Waals surface area contributed by atoms with Crippen LogP contribution in [-0.2, 0) is 4.74 Å². The SMILES string of the molecule is Cc1ncnc2c(OC3CCOC(C)(C)C3)cc(Br)cc12. The van der Waals surface area contributed by atoms with Gasteiger partial charge in [-0.25, -0.2) is 9.97 Å². The lowest BCUT2D eigenvalue weighted by molar-refractivity contribution is -0.0895. The van der Waals surface area contributed by atoms with Crippen molar-refractivity contribution in [3.8, 4) is 5.75 Å². The molecule has 21 heavy (non-hydrogen) atoms. The van der Waals surface area contributed by atoms with Crippen molar-refractivity contribution in [1.29, 1.82) is 0 Å². The summed E-state index contributed by atoms with van der Waals surface area (Å²) in [6.45, 7) is 6.93. The van der Waals surface area contributed by atoms with Gasteiger partial charge in [0.25, 0.3) is 0 Å². The predicted molar refractivity (Wildman–Crippen MR) is 85.7 cm³/mol. The summed E-state index contributed by atoms with van der Waals surface area (Å²) in [4.78, 5) is 8.65. The zero-order valence-corrected chi connectivity index (χ0v) is 14.1. The van der Waals surface area contributed by atoms with E-state index in [0.717, 1.165) is 46.3 Å². The third kappa shape index (κ3) is 3.19. The van der Waals surface area contributed by atoms with E-state index in [-0.39, 0.29) is 11.7 Å². The van der Waals surface area contributed by atoms with Crippen LogP contribution >= 0.6 is 15.9 Å². The topological polar surface area (TPSA) is 44.2 Å². The van der Waals surface area contributed by atoms with Gasteiger partial charge in [0.2, 0.25) is 0 Å². The van der Waals surface area contributed by atoms with E-state index in [9.17, 15) is 0 Å². The Hall–Kier alpha value is -1.20. The van der Waals surface area contributed by atoms with E-state index in [0.29, 0.717) is 0 Å². The highest BCUT2D eigenvalue weighted by Gasteiger charge is 2.30. The second-order valence-electron chi connectivity index (χ2n) is 6.10. The Bertz CT molecular complexity index is 673. The second-order valence-corrected chi connectivity index (χ2v) is 7.02. The fourth-order valence-corrected chi connectivity index (χ4v) is 3.21. The zero-order chi connectivity index (χ0) is 15.0. The number of aryl methyl sites for hydroxylation is 1. The molecular formula is C16H19BrN2O2. The van der Waals surface area contributed by atoms with Gasteiger partial charge >= 0.3 is 0 Å². The third-order valence-electron chi connectivity index (χ3n) is 3.81. The fourth-order valence-electron chi connectivity index (χ4n) is 2.77. The van der Waals surface area contributed by atoms with Crippen molar-refractivity contribution in [2.75, 3.05) is 6.61 Å². The van der Waals surface area contributed by atoms with Crippen LogP contribution in [-0.4, -0.2) is 28.3 Å². The molecule has 1 aromatic heterocycles. The summed E-state index contributed by atoms with van der Waals surface area (Å²) in [5.41, 5.74) is 1.70. The first-order chi connectivity index (χ1) is 9.94. The third-order valence-corrected chi connectivity index (χ3v) is 4.27. The minimum atomic E-state index is -0.129. The Morgan fingerprint density at radius 2 is 2.14 bits per heavy atom. The minimum Gasteiger partial charge on any atom is -0.488 e. The van der Waals surface area contributed by atoms with Crippen LogP contribution < -0.4 is 4.74 Å². The molecule has 1 saturated heterocycles. The van der Waals surface area contributed by atoms with Crippen molar-refractivity contribution in [3.05, 3.63) is 28.6 Å². The fraction of sp³-hybridized carbons (Fsp3) is 0.500. The molecule has 0 saturated carbocycles. The van der Waals surface area contributed by atoms with Gasteiger partial charge in [0, 0.05) is 28.4 Å². The predicted octanol–water partition coefficient (Wildman–Crippen LogP) is 4.04. The molecule has 0 spiro atoms. The summed E-state index contributed by atoms with van der Waals surface area (Å²) >= 11 is 3.54. The standard InChI is InChI=1S/C16H19BrN2O2/c1-10-13-6-11(17)7-14(15(13)19-9-18-10)21-12-4-5-20-16(2,3)8-12/h6-7,9,12H,4-5,8H2,1-3H3. The van der Waals surface area contributed by atoms with E-state index in [2.05, 4.69) is 39.7 Å². The molecule has 3 rings (SSSR count). The van der Waals surface area contributed by atoms with Gasteiger partial charge in [-0.05, 0) is 32.9 Å². The van der Waals surface area contributed by atoms with Gasteiger partial charge < -0.3 is 9.47 Å². The molecule has 1 unspecified atom stereocenters. The number of ether oxygens (including phenoxy) is 2. The molecule has 0 N–H and O–H groups in total. The summed E-state index contributed by atoms with van der Waals surface area (Å²) in [5.74, 6) is 0.813. The number of aromatic nitrogens is 2. The van der Waals surface area contributed by atoms with Crippen LogP contribution in [0.25, 0.3) is 10.9 Å². The summed E-state index contributed by atoms with van der Waals surface area (Å²) in [6.07, 6.45) is 3.53. The molecule has 2 heterocycles. The quantitative estimate of drug-likeness (QED) is 0.819. The first kappa shape index (κ1) is 14.7. The van der Waals surface area contributed by atoms with Crippen molar-refractivity contribution in [2.45, 2.75) is 45.3 Å². The Morgan fingerprint density at radius 3 is 2.90 bits per heavy atom. The van der Waals surface area contributed by atoms with Crippen LogP contribution in [0.1, 0.15) is 32.4 Å². The summed E-state index contributed by atoms with van der Waals surface area (Å²) in [6, 6.07) is 4.02. The molecule has 1 atom stereocenters. The molecule has 1 aliphatic heterocycles. The molecule has 0 bridgehead atoms. The summed E-state index contributed by atoms with van der Waals surface area (Å²) < 4.78 is 13.0. The van der Waals surface area contributed by atoms with Crippen LogP contribution in [0.5, 0.6) is 5.75 Å². The van der Waals surface area contributed by atoms with Gasteiger partial charge in [-0.3, -0.25) is 0 Å². The Kier molecular flexibility index (Phi) is 3.88. The number of benzene rings is 1. The lowest BCUT2D eigenvalue weighted by atomic mass is 9.96. The van der Waals surface area contributed by atoms with Crippen LogP contribution in [0.4, 0.5) is 0 Å². The van der Waals surface area contributed by atoms with Crippen molar-refractivity contribution in [3.63, 3.8) is 0 Å². The average Bonchev–Trinajstić information content (AvgIpc) is 2.39. The summed E-state index contributed by atoms with van der Waals surface area (Å²) in [7, 11) is 0. The number of halogens is 1. The number of rotatable bonds is 2. The molecule has 0 aliphatic carbocycles. The Balaban J connectivity index is 1.95. The highest BCUT2D eigenvalue weighted by atomic mass is 79.9. The molecule has 1 aromatic carbocycles. The minimum absolute atomic E-state index is 0.129. The van der Waals surface area contributed by atoms with Crippen molar-refractivity contribution < 1.29 is 9.47 Å². The second kappa shape index (κ2) is 5.54. The molecular weight excluding hydrogens is 332 g/mol. The number of hydrogen-bond donors (Lipinski definition) is 0. The highest BCUT2D eigenvalue weighted by molar-refractivity contribution is 9.10. The lowest BCUT2D eigenvalue weighted by Crippen LogP contribution is -2.39. The monoisotopic (exact) mass is 350 g/mol. The van der Waals surface area contributed by atoms with Crippen LogP contribution in [0.15, 0.2) is 22.9 Å². The molecule has 0 amide bonds. The van der Waals surface area contributed by atoms with Gasteiger partial charge in [0.1, 0.15) is 23.7 Å². The molecule has 5 heteroatoms. The molecule has 0 radical (unpaired) electrons. The van der Waals surface area contributed by atoms with Crippen LogP contribution in [0.3, 0.4) is 0 Å². The number of nitrogens with zero attached hydrogens (tertiary/aromatic N) is 2. The Morgan fingerprint density at radius 1 is 1.33 bits per heavy atom. The van der Waals surface area contributed by atoms with E-state index in [1.807, 2.05) is 19.1 Å². The van der Waals surface area contributed by atoms with Crippen LogP contribution in [0, 0.1) is 6.92 Å². The molecule has 1 aliphatic rings. The smallest absolute Gasteiger partial charge is 0.147 e. The van der Waals surface area contributed by atoms with Crippen molar-refractivity contribution in [1.82, 2.24) is 9.97 Å². The first-order valence-electron chi connectivity index (χ1n) is 7.16. The van der Waals surface area contributed by atoms with E-state index in [1.165, 1.54) is 0 Å². The molecule has 4 nitrogen and oxygen atoms in total. The molecule has 112 valence electrons. The van der Waals surface area contributed by atoms with Crippen molar-refractivity contribution >= 4 is 26.8 Å². The molecule has 1 fully saturated rings. The van der Waals surface area contributed by atoms with Gasteiger partial charge in [0.05, 0.1) is 12.2 Å². The number of fused-ring (bicyclic) bond motifs is 1. The van der Waals surface area contributed by atoms with Gasteiger partial charge in [-0.2, -0.15) is 0 Å². The average molecular weight is 351 g/mol. The van der Waals surface area contributed by atoms with Crippen molar-refractivity contribution in [2.24, 2.45) is 0 Å². The van der Waals surface area contributed by atoms with Crippen LogP contribution in [0.2, 0.25) is 0 Å². The maximum Gasteiger partial charge on any atom is 0.147 e. The number of hydrogen-bond acceptors (Lipinski definition) is 4. The van der Waals surface area contributed by atoms with E-state index in [1.54, 1.807) is 6.33 Å². The van der Waals surface area contributed by atoms with Gasteiger partial charge in [0.15, 0.2) is 0 Å².